The van der Waals surface area contributed by atoms with Gasteiger partial charge in [-0.25, -0.2) is 0 Å². The highest BCUT2D eigenvalue weighted by Crippen LogP contribution is 2.15. The summed E-state index contributed by atoms with van der Waals surface area (Å²) in [5, 5.41) is 2.29. The molecule has 0 bridgehead atoms. The van der Waals surface area contributed by atoms with Gasteiger partial charge in [0.05, 0.1) is 0 Å². The molecule has 1 aliphatic rings. The number of rotatable bonds is 14. The lowest BCUT2D eigenvalue weighted by Crippen LogP contribution is -2.22. The smallest absolute Gasteiger partial charge is 0.254 e. The molecule has 0 aromatic carbocycles. The highest BCUT2D eigenvalue weighted by Gasteiger charge is 2.19. The molecule has 0 saturated heterocycles. The first-order valence-corrected chi connectivity index (χ1v) is 9.30. The standard InChI is InChI=1S/C19H33NO2/c1-2-3-4-5-6-7-8-9-10-11-12-13-14-15-17-16-18(21)20-19(17)22/h16H,2-15H2,1H3,(H,20,21,22). The van der Waals surface area contributed by atoms with Gasteiger partial charge >= 0.3 is 0 Å². The van der Waals surface area contributed by atoms with Crippen molar-refractivity contribution in [3.8, 4) is 0 Å². The average molecular weight is 307 g/mol. The number of hydrogen-bond acceptors (Lipinski definition) is 2. The fourth-order valence-corrected chi connectivity index (χ4v) is 2.97. The first-order valence-electron chi connectivity index (χ1n) is 9.30. The molecule has 1 N–H and O–H groups in total. The van der Waals surface area contributed by atoms with Gasteiger partial charge in [0.25, 0.3) is 11.8 Å². The molecule has 0 atom stereocenters. The number of amides is 2. The molecule has 3 heteroatoms. The van der Waals surface area contributed by atoms with Crippen LogP contribution < -0.4 is 5.32 Å². The topological polar surface area (TPSA) is 46.2 Å². The highest BCUT2D eigenvalue weighted by atomic mass is 16.2. The SMILES string of the molecule is CCCCCCCCCCCCCCCC1=CC(=O)NC1=O. The van der Waals surface area contributed by atoms with Gasteiger partial charge in [-0.2, -0.15) is 0 Å². The lowest BCUT2D eigenvalue weighted by molar-refractivity contribution is -0.123. The van der Waals surface area contributed by atoms with E-state index in [1.165, 1.54) is 76.7 Å². The van der Waals surface area contributed by atoms with Crippen molar-refractivity contribution in [2.75, 3.05) is 0 Å². The second-order valence-electron chi connectivity index (χ2n) is 6.48. The Labute approximate surface area is 135 Å². The zero-order valence-corrected chi connectivity index (χ0v) is 14.3. The molecule has 0 aliphatic carbocycles. The minimum Gasteiger partial charge on any atom is -0.289 e. The monoisotopic (exact) mass is 307 g/mol. The summed E-state index contributed by atoms with van der Waals surface area (Å²) in [5.41, 5.74) is 0.660. The molecule has 1 rings (SSSR count). The van der Waals surface area contributed by atoms with Crippen LogP contribution in [0.4, 0.5) is 0 Å². The number of carbonyl (C=O) groups is 2. The second-order valence-corrected chi connectivity index (χ2v) is 6.48. The van der Waals surface area contributed by atoms with E-state index in [4.69, 9.17) is 0 Å². The van der Waals surface area contributed by atoms with Crippen molar-refractivity contribution >= 4 is 11.8 Å². The molecule has 1 aliphatic heterocycles. The van der Waals surface area contributed by atoms with Crippen LogP contribution in [0.2, 0.25) is 0 Å². The Hall–Kier alpha value is -1.12. The van der Waals surface area contributed by atoms with Gasteiger partial charge in [-0.1, -0.05) is 84.0 Å². The fourth-order valence-electron chi connectivity index (χ4n) is 2.97. The van der Waals surface area contributed by atoms with Crippen molar-refractivity contribution in [3.05, 3.63) is 11.6 Å². The van der Waals surface area contributed by atoms with E-state index in [1.807, 2.05) is 0 Å². The van der Waals surface area contributed by atoms with Crippen LogP contribution in [-0.4, -0.2) is 11.8 Å². The van der Waals surface area contributed by atoms with E-state index in [1.54, 1.807) is 0 Å². The zero-order valence-electron chi connectivity index (χ0n) is 14.3. The Morgan fingerprint density at radius 1 is 0.727 bits per heavy atom. The molecule has 3 nitrogen and oxygen atoms in total. The molecule has 0 unspecified atom stereocenters. The third kappa shape index (κ3) is 9.01. The Balaban J connectivity index is 1.79. The average Bonchev–Trinajstić information content (AvgIpc) is 2.82. The number of imide groups is 1. The number of carbonyl (C=O) groups excluding carboxylic acids is 2. The first kappa shape index (κ1) is 18.9. The maximum atomic E-state index is 11.3. The van der Waals surface area contributed by atoms with Gasteiger partial charge in [-0.05, 0) is 12.8 Å². The summed E-state index contributed by atoms with van der Waals surface area (Å²) in [6.07, 6.45) is 19.4. The molecule has 0 aromatic heterocycles. The van der Waals surface area contributed by atoms with Crippen LogP contribution in [-0.2, 0) is 9.59 Å². The maximum Gasteiger partial charge on any atom is 0.254 e. The van der Waals surface area contributed by atoms with Crippen molar-refractivity contribution < 1.29 is 9.59 Å². The van der Waals surface area contributed by atoms with E-state index < -0.39 is 0 Å². The highest BCUT2D eigenvalue weighted by molar-refractivity contribution is 6.16. The molecule has 22 heavy (non-hydrogen) atoms. The largest absolute Gasteiger partial charge is 0.289 e. The van der Waals surface area contributed by atoms with Crippen LogP contribution in [0, 0.1) is 0 Å². The lowest BCUT2D eigenvalue weighted by Gasteiger charge is -2.03. The van der Waals surface area contributed by atoms with E-state index in [0.717, 1.165) is 19.3 Å². The second kappa shape index (κ2) is 12.4. The van der Waals surface area contributed by atoms with Crippen molar-refractivity contribution in [2.24, 2.45) is 0 Å². The first-order chi connectivity index (χ1) is 10.7. The molecule has 0 spiro atoms. The molecular weight excluding hydrogens is 274 g/mol. The predicted molar refractivity (Wildman–Crippen MR) is 91.5 cm³/mol. The third-order valence-corrected chi connectivity index (χ3v) is 4.38. The Bertz CT molecular complexity index is 360. The van der Waals surface area contributed by atoms with E-state index in [2.05, 4.69) is 12.2 Å². The van der Waals surface area contributed by atoms with Crippen molar-refractivity contribution in [2.45, 2.75) is 96.8 Å². The number of nitrogens with one attached hydrogen (secondary N) is 1. The van der Waals surface area contributed by atoms with Gasteiger partial charge in [0.15, 0.2) is 0 Å². The van der Waals surface area contributed by atoms with Crippen molar-refractivity contribution in [1.82, 2.24) is 5.32 Å². The van der Waals surface area contributed by atoms with Crippen LogP contribution in [0.1, 0.15) is 96.8 Å². The summed E-state index contributed by atoms with van der Waals surface area (Å²) in [6.45, 7) is 2.26. The van der Waals surface area contributed by atoms with Gasteiger partial charge in [0.1, 0.15) is 0 Å². The van der Waals surface area contributed by atoms with E-state index in [-0.39, 0.29) is 11.8 Å². The minimum absolute atomic E-state index is 0.191. The van der Waals surface area contributed by atoms with Crippen LogP contribution in [0.15, 0.2) is 11.6 Å². The third-order valence-electron chi connectivity index (χ3n) is 4.38. The van der Waals surface area contributed by atoms with Crippen molar-refractivity contribution in [3.63, 3.8) is 0 Å². The summed E-state index contributed by atoms with van der Waals surface area (Å²) in [4.78, 5) is 22.3. The number of hydrogen-bond donors (Lipinski definition) is 1. The van der Waals surface area contributed by atoms with Gasteiger partial charge in [0.2, 0.25) is 0 Å². The molecule has 2 amide bonds. The van der Waals surface area contributed by atoms with E-state index in [0.29, 0.717) is 5.57 Å². The Kier molecular flexibility index (Phi) is 10.7. The molecule has 126 valence electrons. The Morgan fingerprint density at radius 2 is 1.18 bits per heavy atom. The van der Waals surface area contributed by atoms with E-state index in [9.17, 15) is 9.59 Å². The van der Waals surface area contributed by atoms with E-state index >= 15 is 0 Å². The molecule has 0 aromatic rings. The fraction of sp³-hybridized carbons (Fsp3) is 0.789. The summed E-state index contributed by atoms with van der Waals surface area (Å²) < 4.78 is 0. The van der Waals surface area contributed by atoms with Gasteiger partial charge in [0, 0.05) is 11.6 Å². The molecule has 0 fully saturated rings. The van der Waals surface area contributed by atoms with Crippen LogP contribution in [0.5, 0.6) is 0 Å². The molecule has 0 radical (unpaired) electrons. The molecule has 1 heterocycles. The summed E-state index contributed by atoms with van der Waals surface area (Å²) in [6, 6.07) is 0. The van der Waals surface area contributed by atoms with Crippen molar-refractivity contribution in [1.29, 1.82) is 0 Å². The number of unbranched alkanes of at least 4 members (excludes halogenated alkanes) is 12. The summed E-state index contributed by atoms with van der Waals surface area (Å²) in [5.74, 6) is -0.446. The van der Waals surface area contributed by atoms with Gasteiger partial charge in [-0.15, -0.1) is 0 Å². The predicted octanol–water partition coefficient (Wildman–Crippen LogP) is 5.05. The molecule has 0 saturated carbocycles. The zero-order chi connectivity index (χ0) is 16.0. The normalized spacial score (nSPS) is 14.3. The minimum atomic E-state index is -0.255. The Morgan fingerprint density at radius 3 is 1.59 bits per heavy atom. The lowest BCUT2D eigenvalue weighted by atomic mass is 10.0. The summed E-state index contributed by atoms with van der Waals surface area (Å²) in [7, 11) is 0. The van der Waals surface area contributed by atoms with Crippen LogP contribution in [0.3, 0.4) is 0 Å². The van der Waals surface area contributed by atoms with Crippen LogP contribution in [0.25, 0.3) is 0 Å². The van der Waals surface area contributed by atoms with Gasteiger partial charge < -0.3 is 0 Å². The van der Waals surface area contributed by atoms with Gasteiger partial charge in [-0.3, -0.25) is 14.9 Å². The maximum absolute atomic E-state index is 11.3. The summed E-state index contributed by atoms with van der Waals surface area (Å²) >= 11 is 0. The molecular formula is C19H33NO2. The van der Waals surface area contributed by atoms with Crippen LogP contribution >= 0.6 is 0 Å². The quantitative estimate of drug-likeness (QED) is 0.360.